The van der Waals surface area contributed by atoms with Gasteiger partial charge in [0.15, 0.2) is 0 Å². The van der Waals surface area contributed by atoms with Crippen LogP contribution in [0.2, 0.25) is 0 Å². The maximum Gasteiger partial charge on any atom is 0.260 e. The Morgan fingerprint density at radius 3 is 2.72 bits per heavy atom. The molecule has 1 amide bonds. The molecule has 1 aromatic carbocycles. The Morgan fingerprint density at radius 1 is 1.12 bits per heavy atom. The van der Waals surface area contributed by atoms with E-state index in [2.05, 4.69) is 16.1 Å². The molecule has 0 spiro atoms. The summed E-state index contributed by atoms with van der Waals surface area (Å²) in [7, 11) is 0. The van der Waals surface area contributed by atoms with Crippen molar-refractivity contribution in [2.24, 2.45) is 0 Å². The predicted octanol–water partition coefficient (Wildman–Crippen LogP) is 3.34. The van der Waals surface area contributed by atoms with Crippen LogP contribution in [0.25, 0.3) is 0 Å². The van der Waals surface area contributed by atoms with Crippen molar-refractivity contribution < 1.29 is 4.79 Å². The Morgan fingerprint density at radius 2 is 1.96 bits per heavy atom. The minimum Gasteiger partial charge on any atom is -0.306 e. The molecule has 1 unspecified atom stereocenters. The first-order chi connectivity index (χ1) is 12.1. The monoisotopic (exact) mass is 332 g/mol. The summed E-state index contributed by atoms with van der Waals surface area (Å²) >= 11 is 0. The largest absolute Gasteiger partial charge is 0.306 e. The lowest BCUT2D eigenvalue weighted by Crippen LogP contribution is -2.41. The third-order valence-corrected chi connectivity index (χ3v) is 4.73. The van der Waals surface area contributed by atoms with Crippen LogP contribution >= 0.6 is 0 Å². The summed E-state index contributed by atoms with van der Waals surface area (Å²) in [6.45, 7) is 4.43. The van der Waals surface area contributed by atoms with E-state index in [0.29, 0.717) is 12.1 Å². The molecule has 0 fully saturated rings. The van der Waals surface area contributed by atoms with Crippen molar-refractivity contribution in [1.82, 2.24) is 14.8 Å². The number of aryl methyl sites for hydroxylation is 2. The van der Waals surface area contributed by atoms with Crippen LogP contribution in [0, 0.1) is 13.8 Å². The van der Waals surface area contributed by atoms with Crippen molar-refractivity contribution in [1.29, 1.82) is 0 Å². The number of fused-ring (bicyclic) bond motifs is 1. The van der Waals surface area contributed by atoms with E-state index in [1.807, 2.05) is 66.0 Å². The van der Waals surface area contributed by atoms with Crippen LogP contribution in [0.15, 0.2) is 54.9 Å². The number of pyridine rings is 1. The Bertz CT molecular complexity index is 917. The van der Waals surface area contributed by atoms with Crippen LogP contribution in [0.1, 0.15) is 33.4 Å². The zero-order chi connectivity index (χ0) is 17.4. The molecule has 3 aromatic rings. The zero-order valence-corrected chi connectivity index (χ0v) is 14.4. The average Bonchev–Trinajstić information content (AvgIpc) is 3.15. The summed E-state index contributed by atoms with van der Waals surface area (Å²) in [5.41, 5.74) is 4.49. The number of carbonyl (C=O) groups excluding carboxylic acids is 1. The quantitative estimate of drug-likeness (QED) is 0.723. The van der Waals surface area contributed by atoms with Gasteiger partial charge in [-0.25, -0.2) is 0 Å². The van der Waals surface area contributed by atoms with Gasteiger partial charge in [-0.3, -0.25) is 14.5 Å². The Labute approximate surface area is 146 Å². The van der Waals surface area contributed by atoms with Crippen LogP contribution in [-0.2, 0) is 6.42 Å². The van der Waals surface area contributed by atoms with Crippen molar-refractivity contribution in [3.8, 4) is 0 Å². The SMILES string of the molecule is Cc1ccc(C(=O)N2CC(n3cccn3)Cc3ccccc32)c(C)n1. The van der Waals surface area contributed by atoms with E-state index < -0.39 is 0 Å². The molecule has 1 aliphatic rings. The lowest BCUT2D eigenvalue weighted by atomic mass is 9.97. The van der Waals surface area contributed by atoms with E-state index in [1.165, 1.54) is 5.56 Å². The summed E-state index contributed by atoms with van der Waals surface area (Å²) in [5.74, 6) is -0.00527. The first-order valence-electron chi connectivity index (χ1n) is 8.46. The van der Waals surface area contributed by atoms with Gasteiger partial charge >= 0.3 is 0 Å². The first kappa shape index (κ1) is 15.6. The van der Waals surface area contributed by atoms with Crippen molar-refractivity contribution in [3.63, 3.8) is 0 Å². The second kappa shape index (κ2) is 6.16. The number of nitrogens with zero attached hydrogens (tertiary/aromatic N) is 4. The maximum atomic E-state index is 13.3. The lowest BCUT2D eigenvalue weighted by molar-refractivity contribution is 0.0979. The fourth-order valence-corrected chi connectivity index (χ4v) is 3.50. The number of carbonyl (C=O) groups is 1. The number of amides is 1. The minimum absolute atomic E-state index is 0.00527. The van der Waals surface area contributed by atoms with Crippen molar-refractivity contribution in [2.45, 2.75) is 26.3 Å². The molecule has 0 radical (unpaired) electrons. The summed E-state index contributed by atoms with van der Waals surface area (Å²) < 4.78 is 1.94. The van der Waals surface area contributed by atoms with Crippen LogP contribution in [0.5, 0.6) is 0 Å². The van der Waals surface area contributed by atoms with E-state index >= 15 is 0 Å². The molecule has 0 saturated heterocycles. The van der Waals surface area contributed by atoms with E-state index in [4.69, 9.17) is 0 Å². The highest BCUT2D eigenvalue weighted by molar-refractivity contribution is 6.07. The molecule has 2 aromatic heterocycles. The van der Waals surface area contributed by atoms with Gasteiger partial charge in [-0.15, -0.1) is 0 Å². The molecular formula is C20H20N4O. The van der Waals surface area contributed by atoms with Crippen LogP contribution in [0.3, 0.4) is 0 Å². The van der Waals surface area contributed by atoms with Crippen LogP contribution in [0.4, 0.5) is 5.69 Å². The third kappa shape index (κ3) is 2.82. The van der Waals surface area contributed by atoms with Gasteiger partial charge in [-0.2, -0.15) is 5.10 Å². The molecule has 4 rings (SSSR count). The second-order valence-corrected chi connectivity index (χ2v) is 6.47. The highest BCUT2D eigenvalue weighted by Crippen LogP contribution is 2.32. The Hall–Kier alpha value is -2.95. The predicted molar refractivity (Wildman–Crippen MR) is 96.8 cm³/mol. The van der Waals surface area contributed by atoms with Crippen molar-refractivity contribution >= 4 is 11.6 Å². The molecule has 1 aliphatic heterocycles. The Balaban J connectivity index is 1.75. The van der Waals surface area contributed by atoms with Gasteiger partial charge in [0.2, 0.25) is 0 Å². The first-order valence-corrected chi connectivity index (χ1v) is 8.46. The molecule has 126 valence electrons. The standard InChI is InChI=1S/C20H20N4O/c1-14-8-9-18(15(2)22-14)20(25)23-13-17(24-11-5-10-21-24)12-16-6-3-4-7-19(16)23/h3-11,17H,12-13H2,1-2H3. The molecule has 0 aliphatic carbocycles. The van der Waals surface area contributed by atoms with Gasteiger partial charge < -0.3 is 4.90 Å². The molecule has 3 heterocycles. The van der Waals surface area contributed by atoms with Crippen LogP contribution < -0.4 is 4.90 Å². The summed E-state index contributed by atoms with van der Waals surface area (Å²) in [4.78, 5) is 19.6. The molecule has 25 heavy (non-hydrogen) atoms. The number of rotatable bonds is 2. The number of aromatic nitrogens is 3. The normalized spacial score (nSPS) is 16.6. The van der Waals surface area contributed by atoms with E-state index in [-0.39, 0.29) is 11.9 Å². The number of benzene rings is 1. The van der Waals surface area contributed by atoms with Crippen molar-refractivity contribution in [3.05, 3.63) is 77.4 Å². The number of hydrogen-bond acceptors (Lipinski definition) is 3. The summed E-state index contributed by atoms with van der Waals surface area (Å²) in [6, 6.07) is 13.9. The average molecular weight is 332 g/mol. The van der Waals surface area contributed by atoms with Crippen LogP contribution in [-0.4, -0.2) is 27.2 Å². The van der Waals surface area contributed by atoms with E-state index in [9.17, 15) is 4.79 Å². The van der Waals surface area contributed by atoms with E-state index in [1.54, 1.807) is 6.20 Å². The van der Waals surface area contributed by atoms with E-state index in [0.717, 1.165) is 23.5 Å². The highest BCUT2D eigenvalue weighted by atomic mass is 16.2. The summed E-state index contributed by atoms with van der Waals surface area (Å²) in [6.07, 6.45) is 4.60. The lowest BCUT2D eigenvalue weighted by Gasteiger charge is -2.35. The van der Waals surface area contributed by atoms with Crippen molar-refractivity contribution in [2.75, 3.05) is 11.4 Å². The maximum absolute atomic E-state index is 13.3. The fourth-order valence-electron chi connectivity index (χ4n) is 3.50. The zero-order valence-electron chi connectivity index (χ0n) is 14.4. The minimum atomic E-state index is -0.00527. The van der Waals surface area contributed by atoms with Gasteiger partial charge in [-0.1, -0.05) is 18.2 Å². The fraction of sp³-hybridized carbons (Fsp3) is 0.250. The second-order valence-electron chi connectivity index (χ2n) is 6.47. The van der Waals surface area contributed by atoms with Gasteiger partial charge in [0.1, 0.15) is 0 Å². The number of anilines is 1. The molecule has 5 nitrogen and oxygen atoms in total. The Kier molecular flexibility index (Phi) is 3.84. The third-order valence-electron chi connectivity index (χ3n) is 4.73. The topological polar surface area (TPSA) is 51.0 Å². The molecule has 0 bridgehead atoms. The van der Waals surface area contributed by atoms with Gasteiger partial charge in [0.25, 0.3) is 5.91 Å². The smallest absolute Gasteiger partial charge is 0.260 e. The molecule has 5 heteroatoms. The van der Waals surface area contributed by atoms with Gasteiger partial charge in [0.05, 0.1) is 17.3 Å². The van der Waals surface area contributed by atoms with Gasteiger partial charge in [-0.05, 0) is 50.1 Å². The number of hydrogen-bond donors (Lipinski definition) is 0. The summed E-state index contributed by atoms with van der Waals surface area (Å²) in [5, 5.41) is 4.37. The van der Waals surface area contributed by atoms with Gasteiger partial charge in [0, 0.05) is 30.3 Å². The molecule has 0 N–H and O–H groups in total. The molecular weight excluding hydrogens is 312 g/mol. The number of para-hydroxylation sites is 1. The molecule has 1 atom stereocenters. The highest BCUT2D eigenvalue weighted by Gasteiger charge is 2.30. The molecule has 0 saturated carbocycles.